The normalized spacial score (nSPS) is 17.1. The molecule has 1 fully saturated rings. The number of benzene rings is 1. The van der Waals surface area contributed by atoms with E-state index in [1.165, 1.54) is 23.3 Å². The van der Waals surface area contributed by atoms with Crippen molar-refractivity contribution in [3.05, 3.63) is 35.0 Å². The maximum Gasteiger partial charge on any atom is 0.187 e. The molecule has 0 aliphatic carbocycles. The zero-order valence-corrected chi connectivity index (χ0v) is 19.9. The highest BCUT2D eigenvalue weighted by Gasteiger charge is 2.26. The Morgan fingerprint density at radius 1 is 1.25 bits per heavy atom. The van der Waals surface area contributed by atoms with Crippen LogP contribution in [0.2, 0.25) is 0 Å². The Bertz CT molecular complexity index is 1070. The first-order chi connectivity index (χ1) is 15.6. The number of hydrogen-bond acceptors (Lipinski definition) is 7. The summed E-state index contributed by atoms with van der Waals surface area (Å²) in [5.74, 6) is 2.39. The van der Waals surface area contributed by atoms with Gasteiger partial charge in [-0.1, -0.05) is 6.07 Å². The van der Waals surface area contributed by atoms with Crippen molar-refractivity contribution < 1.29 is 9.47 Å². The fourth-order valence-corrected chi connectivity index (χ4v) is 5.73. The molecule has 2 aliphatic rings. The van der Waals surface area contributed by atoms with Crippen LogP contribution in [0.1, 0.15) is 49.1 Å². The average molecular weight is 454 g/mol. The SMILES string of the molecule is COCCN1CCC(c2ccc3c(c2)OCCc2sc(-c4ncnn4C(C)C)nc2-3)CC1. The molecule has 0 atom stereocenters. The molecule has 4 heterocycles. The third-order valence-corrected chi connectivity index (χ3v) is 7.58. The number of likely N-dealkylation sites (tertiary alicyclic amines) is 1. The summed E-state index contributed by atoms with van der Waals surface area (Å²) in [4.78, 5) is 13.3. The molecule has 2 aliphatic heterocycles. The van der Waals surface area contributed by atoms with E-state index in [4.69, 9.17) is 14.5 Å². The number of hydrogen-bond donors (Lipinski definition) is 0. The molecule has 0 radical (unpaired) electrons. The van der Waals surface area contributed by atoms with Crippen LogP contribution < -0.4 is 4.74 Å². The van der Waals surface area contributed by atoms with Crippen molar-refractivity contribution in [1.29, 1.82) is 0 Å². The molecular formula is C24H31N5O2S. The number of methoxy groups -OCH3 is 1. The summed E-state index contributed by atoms with van der Waals surface area (Å²) < 4.78 is 13.4. The first-order valence-corrected chi connectivity index (χ1v) is 12.3. The second-order valence-corrected chi connectivity index (χ2v) is 9.96. The molecule has 0 spiro atoms. The van der Waals surface area contributed by atoms with Crippen LogP contribution in [-0.2, 0) is 11.2 Å². The number of rotatable bonds is 6. The van der Waals surface area contributed by atoms with E-state index in [1.54, 1.807) is 24.8 Å². The number of aromatic nitrogens is 4. The molecule has 3 aromatic rings. The summed E-state index contributed by atoms with van der Waals surface area (Å²) in [6, 6.07) is 7.00. The van der Waals surface area contributed by atoms with E-state index in [0.717, 1.165) is 60.5 Å². The highest BCUT2D eigenvalue weighted by molar-refractivity contribution is 7.15. The predicted octanol–water partition coefficient (Wildman–Crippen LogP) is 4.41. The summed E-state index contributed by atoms with van der Waals surface area (Å²) >= 11 is 1.71. The second kappa shape index (κ2) is 9.29. The van der Waals surface area contributed by atoms with Gasteiger partial charge in [-0.15, -0.1) is 11.3 Å². The Morgan fingerprint density at radius 3 is 2.88 bits per heavy atom. The molecule has 1 saturated heterocycles. The third kappa shape index (κ3) is 4.19. The summed E-state index contributed by atoms with van der Waals surface area (Å²) in [5, 5.41) is 5.32. The van der Waals surface area contributed by atoms with Crippen LogP contribution in [0, 0.1) is 0 Å². The lowest BCUT2D eigenvalue weighted by Crippen LogP contribution is -2.35. The first-order valence-electron chi connectivity index (χ1n) is 11.5. The lowest BCUT2D eigenvalue weighted by molar-refractivity contribution is 0.130. The second-order valence-electron chi connectivity index (χ2n) is 8.88. The summed E-state index contributed by atoms with van der Waals surface area (Å²) in [6.07, 6.45) is 4.84. The van der Waals surface area contributed by atoms with E-state index in [9.17, 15) is 0 Å². The minimum absolute atomic E-state index is 0.246. The van der Waals surface area contributed by atoms with Gasteiger partial charge in [0.05, 0.1) is 18.9 Å². The summed E-state index contributed by atoms with van der Waals surface area (Å²) in [7, 11) is 1.77. The van der Waals surface area contributed by atoms with E-state index in [-0.39, 0.29) is 6.04 Å². The number of nitrogens with zero attached hydrogens (tertiary/aromatic N) is 5. The fraction of sp³-hybridized carbons (Fsp3) is 0.542. The van der Waals surface area contributed by atoms with Gasteiger partial charge < -0.3 is 14.4 Å². The van der Waals surface area contributed by atoms with Crippen molar-refractivity contribution in [2.24, 2.45) is 0 Å². The molecule has 170 valence electrons. The van der Waals surface area contributed by atoms with Crippen LogP contribution in [0.25, 0.3) is 22.1 Å². The molecule has 1 aromatic carbocycles. The molecule has 0 amide bonds. The predicted molar refractivity (Wildman–Crippen MR) is 126 cm³/mol. The number of piperidine rings is 1. The van der Waals surface area contributed by atoms with Gasteiger partial charge in [-0.3, -0.25) is 0 Å². The van der Waals surface area contributed by atoms with Crippen LogP contribution in [-0.4, -0.2) is 64.6 Å². The van der Waals surface area contributed by atoms with Gasteiger partial charge in [0, 0.05) is 36.6 Å². The standard InChI is InChI=1S/C24H31N5O2S/c1-16(2)29-23(25-15-26-29)24-27-22-19-5-4-18(14-20(19)31-12-8-21(22)32-24)17-6-9-28(10-7-17)11-13-30-3/h4-5,14-17H,6-13H2,1-3H3. The Morgan fingerprint density at radius 2 is 2.09 bits per heavy atom. The fourth-order valence-electron chi connectivity index (χ4n) is 4.68. The minimum atomic E-state index is 0.246. The van der Waals surface area contributed by atoms with Gasteiger partial charge in [0.15, 0.2) is 10.8 Å². The van der Waals surface area contributed by atoms with Gasteiger partial charge in [0.1, 0.15) is 12.1 Å². The Balaban J connectivity index is 1.39. The van der Waals surface area contributed by atoms with E-state index < -0.39 is 0 Å². The van der Waals surface area contributed by atoms with Crippen LogP contribution in [0.4, 0.5) is 0 Å². The van der Waals surface area contributed by atoms with E-state index in [0.29, 0.717) is 12.5 Å². The van der Waals surface area contributed by atoms with Crippen LogP contribution in [0.5, 0.6) is 5.75 Å². The van der Waals surface area contributed by atoms with Crippen LogP contribution >= 0.6 is 11.3 Å². The maximum atomic E-state index is 6.19. The average Bonchev–Trinajstić information content (AvgIpc) is 3.42. The molecule has 32 heavy (non-hydrogen) atoms. The van der Waals surface area contributed by atoms with E-state index in [1.807, 2.05) is 4.68 Å². The summed E-state index contributed by atoms with van der Waals surface area (Å²) in [6.45, 7) is 8.99. The summed E-state index contributed by atoms with van der Waals surface area (Å²) in [5.41, 5.74) is 3.52. The van der Waals surface area contributed by atoms with Crippen molar-refractivity contribution >= 4 is 11.3 Å². The smallest absolute Gasteiger partial charge is 0.187 e. The molecule has 5 rings (SSSR count). The number of thiazole rings is 1. The Labute approximate surface area is 193 Å². The molecule has 0 unspecified atom stereocenters. The number of fused-ring (bicyclic) bond motifs is 3. The highest BCUT2D eigenvalue weighted by atomic mass is 32.1. The van der Waals surface area contributed by atoms with Crippen LogP contribution in [0.15, 0.2) is 24.5 Å². The lowest BCUT2D eigenvalue weighted by Gasteiger charge is -2.32. The van der Waals surface area contributed by atoms with Gasteiger partial charge in [-0.25, -0.2) is 14.6 Å². The molecule has 2 aromatic heterocycles. The van der Waals surface area contributed by atoms with Crippen molar-refractivity contribution in [2.45, 2.75) is 45.1 Å². The molecule has 8 heteroatoms. The van der Waals surface area contributed by atoms with Crippen molar-refractivity contribution in [2.75, 3.05) is 40.0 Å². The maximum absolute atomic E-state index is 6.19. The van der Waals surface area contributed by atoms with E-state index in [2.05, 4.69) is 47.0 Å². The molecule has 0 bridgehead atoms. The molecule has 0 N–H and O–H groups in total. The highest BCUT2D eigenvalue weighted by Crippen LogP contribution is 2.42. The molecule has 0 saturated carbocycles. The van der Waals surface area contributed by atoms with Crippen molar-refractivity contribution in [3.63, 3.8) is 0 Å². The zero-order chi connectivity index (χ0) is 22.1. The molecule has 7 nitrogen and oxygen atoms in total. The minimum Gasteiger partial charge on any atom is -0.492 e. The Hall–Kier alpha value is -2.29. The van der Waals surface area contributed by atoms with Gasteiger partial charge in [0.25, 0.3) is 0 Å². The zero-order valence-electron chi connectivity index (χ0n) is 19.1. The molecular weight excluding hydrogens is 422 g/mol. The largest absolute Gasteiger partial charge is 0.492 e. The van der Waals surface area contributed by atoms with Gasteiger partial charge in [-0.2, -0.15) is 5.10 Å². The third-order valence-electron chi connectivity index (χ3n) is 6.47. The van der Waals surface area contributed by atoms with Gasteiger partial charge in [0.2, 0.25) is 0 Å². The van der Waals surface area contributed by atoms with Crippen molar-refractivity contribution in [3.8, 4) is 27.8 Å². The lowest BCUT2D eigenvalue weighted by atomic mass is 9.88. The van der Waals surface area contributed by atoms with Crippen molar-refractivity contribution in [1.82, 2.24) is 24.6 Å². The first kappa shape index (κ1) is 21.6. The van der Waals surface area contributed by atoms with Gasteiger partial charge in [-0.05, 0) is 63.4 Å². The number of ether oxygens (including phenoxy) is 2. The topological polar surface area (TPSA) is 65.3 Å². The van der Waals surface area contributed by atoms with Crippen LogP contribution in [0.3, 0.4) is 0 Å². The van der Waals surface area contributed by atoms with Gasteiger partial charge >= 0.3 is 0 Å². The Kier molecular flexibility index (Phi) is 6.26. The monoisotopic (exact) mass is 453 g/mol. The van der Waals surface area contributed by atoms with E-state index >= 15 is 0 Å². The quantitative estimate of drug-likeness (QED) is 0.551.